The van der Waals surface area contributed by atoms with Crippen molar-refractivity contribution in [3.8, 4) is 6.07 Å². The molecule has 3 heteroatoms. The minimum atomic E-state index is 0.697. The van der Waals surface area contributed by atoms with E-state index in [2.05, 4.69) is 22.4 Å². The van der Waals surface area contributed by atoms with Gasteiger partial charge in [0.25, 0.3) is 0 Å². The summed E-state index contributed by atoms with van der Waals surface area (Å²) in [5.41, 5.74) is 4.71. The van der Waals surface area contributed by atoms with Gasteiger partial charge in [0.05, 0.1) is 5.56 Å². The van der Waals surface area contributed by atoms with Crippen LogP contribution in [0.2, 0.25) is 0 Å². The highest BCUT2D eigenvalue weighted by atomic mass is 15.0. The first-order valence-corrected chi connectivity index (χ1v) is 7.71. The van der Waals surface area contributed by atoms with E-state index in [1.54, 1.807) is 5.57 Å². The van der Waals surface area contributed by atoms with Crippen LogP contribution in [0.3, 0.4) is 0 Å². The van der Waals surface area contributed by atoms with Crippen molar-refractivity contribution in [1.82, 2.24) is 4.98 Å². The molecule has 1 aromatic rings. The molecular weight excluding hydrogens is 246 g/mol. The summed E-state index contributed by atoms with van der Waals surface area (Å²) < 4.78 is 0. The fourth-order valence-corrected chi connectivity index (χ4v) is 3.17. The van der Waals surface area contributed by atoms with E-state index in [-0.39, 0.29) is 0 Å². The van der Waals surface area contributed by atoms with Gasteiger partial charge in [-0.05, 0) is 63.0 Å². The predicted molar refractivity (Wildman–Crippen MR) is 80.6 cm³/mol. The van der Waals surface area contributed by atoms with Crippen molar-refractivity contribution in [2.24, 2.45) is 0 Å². The number of fused-ring (bicyclic) bond motifs is 1. The van der Waals surface area contributed by atoms with Crippen LogP contribution in [0.15, 0.2) is 17.7 Å². The number of anilines is 1. The second-order valence-corrected chi connectivity index (χ2v) is 5.74. The molecule has 0 unspecified atom stereocenters. The minimum Gasteiger partial charge on any atom is -0.369 e. The first-order chi connectivity index (χ1) is 9.86. The smallest absolute Gasteiger partial charge is 0.144 e. The zero-order valence-corrected chi connectivity index (χ0v) is 11.9. The summed E-state index contributed by atoms with van der Waals surface area (Å²) in [6, 6.07) is 4.30. The normalized spacial score (nSPS) is 17.2. The SMILES string of the molecule is N#Cc1cc2c(nc1NCCC1=CCCCC1)CCC2. The Balaban J connectivity index is 1.65. The van der Waals surface area contributed by atoms with Gasteiger partial charge >= 0.3 is 0 Å². The fraction of sp³-hybridized carbons (Fsp3) is 0.529. The highest BCUT2D eigenvalue weighted by Crippen LogP contribution is 2.25. The number of rotatable bonds is 4. The van der Waals surface area contributed by atoms with E-state index in [0.717, 1.165) is 31.6 Å². The van der Waals surface area contributed by atoms with Gasteiger partial charge in [0.1, 0.15) is 11.9 Å². The second kappa shape index (κ2) is 6.09. The summed E-state index contributed by atoms with van der Waals surface area (Å²) in [5, 5.41) is 12.6. The highest BCUT2D eigenvalue weighted by Gasteiger charge is 2.16. The Morgan fingerprint density at radius 3 is 2.95 bits per heavy atom. The standard InChI is InChI=1S/C17H21N3/c18-12-15-11-14-7-4-8-16(14)20-17(15)19-10-9-13-5-2-1-3-6-13/h5,11H,1-4,6-10H2,(H,19,20). The van der Waals surface area contributed by atoms with Crippen molar-refractivity contribution in [1.29, 1.82) is 5.26 Å². The zero-order chi connectivity index (χ0) is 13.8. The van der Waals surface area contributed by atoms with Crippen LogP contribution in [-0.4, -0.2) is 11.5 Å². The van der Waals surface area contributed by atoms with Gasteiger partial charge in [-0.25, -0.2) is 4.98 Å². The molecule has 0 fully saturated rings. The number of nitrogens with one attached hydrogen (secondary N) is 1. The molecule has 2 aliphatic rings. The van der Waals surface area contributed by atoms with Gasteiger partial charge in [-0.2, -0.15) is 5.26 Å². The topological polar surface area (TPSA) is 48.7 Å². The van der Waals surface area contributed by atoms with Gasteiger partial charge in [-0.3, -0.25) is 0 Å². The quantitative estimate of drug-likeness (QED) is 0.845. The van der Waals surface area contributed by atoms with Gasteiger partial charge in [0, 0.05) is 12.2 Å². The van der Waals surface area contributed by atoms with Gasteiger partial charge < -0.3 is 5.32 Å². The number of allylic oxidation sites excluding steroid dienone is 1. The molecule has 0 aliphatic heterocycles. The molecule has 1 heterocycles. The number of aryl methyl sites for hydroxylation is 2. The summed E-state index contributed by atoms with van der Waals surface area (Å²) >= 11 is 0. The van der Waals surface area contributed by atoms with E-state index in [4.69, 9.17) is 0 Å². The average molecular weight is 267 g/mol. The zero-order valence-electron chi connectivity index (χ0n) is 11.9. The number of hydrogen-bond acceptors (Lipinski definition) is 3. The van der Waals surface area contributed by atoms with E-state index in [1.165, 1.54) is 43.4 Å². The van der Waals surface area contributed by atoms with Crippen LogP contribution in [0.25, 0.3) is 0 Å². The van der Waals surface area contributed by atoms with Crippen LogP contribution in [0, 0.1) is 11.3 Å². The molecule has 0 aromatic carbocycles. The lowest BCUT2D eigenvalue weighted by Gasteiger charge is -2.14. The van der Waals surface area contributed by atoms with Crippen molar-refractivity contribution in [2.45, 2.75) is 51.4 Å². The van der Waals surface area contributed by atoms with Crippen molar-refractivity contribution in [2.75, 3.05) is 11.9 Å². The van der Waals surface area contributed by atoms with E-state index in [1.807, 2.05) is 6.07 Å². The third-order valence-corrected chi connectivity index (χ3v) is 4.29. The van der Waals surface area contributed by atoms with E-state index < -0.39 is 0 Å². The van der Waals surface area contributed by atoms with Gasteiger partial charge in [0.15, 0.2) is 0 Å². The number of pyridine rings is 1. The number of nitrogens with zero attached hydrogens (tertiary/aromatic N) is 2. The maximum absolute atomic E-state index is 9.26. The summed E-state index contributed by atoms with van der Waals surface area (Å²) in [6.07, 6.45) is 11.9. The lowest BCUT2D eigenvalue weighted by atomic mass is 9.97. The minimum absolute atomic E-state index is 0.697. The third kappa shape index (κ3) is 2.85. The van der Waals surface area contributed by atoms with E-state index in [9.17, 15) is 5.26 Å². The van der Waals surface area contributed by atoms with Crippen LogP contribution < -0.4 is 5.32 Å². The number of aromatic nitrogens is 1. The molecule has 3 nitrogen and oxygen atoms in total. The lowest BCUT2D eigenvalue weighted by Crippen LogP contribution is -2.08. The molecular formula is C17H21N3. The summed E-state index contributed by atoms with van der Waals surface area (Å²) in [5.74, 6) is 0.782. The number of nitriles is 1. The van der Waals surface area contributed by atoms with Crippen LogP contribution in [0.4, 0.5) is 5.82 Å². The maximum Gasteiger partial charge on any atom is 0.144 e. The Morgan fingerprint density at radius 1 is 1.20 bits per heavy atom. The third-order valence-electron chi connectivity index (χ3n) is 4.29. The lowest BCUT2D eigenvalue weighted by molar-refractivity contribution is 0.679. The molecule has 0 spiro atoms. The molecule has 104 valence electrons. The molecule has 0 atom stereocenters. The molecule has 20 heavy (non-hydrogen) atoms. The molecule has 0 saturated carbocycles. The molecule has 0 bridgehead atoms. The van der Waals surface area contributed by atoms with Crippen LogP contribution >= 0.6 is 0 Å². The fourth-order valence-electron chi connectivity index (χ4n) is 3.17. The van der Waals surface area contributed by atoms with Gasteiger partial charge in [-0.1, -0.05) is 11.6 Å². The van der Waals surface area contributed by atoms with Crippen LogP contribution in [0.1, 0.15) is 55.3 Å². The average Bonchev–Trinajstić information content (AvgIpc) is 2.94. The van der Waals surface area contributed by atoms with E-state index in [0.29, 0.717) is 5.56 Å². The van der Waals surface area contributed by atoms with Crippen molar-refractivity contribution < 1.29 is 0 Å². The Morgan fingerprint density at radius 2 is 2.15 bits per heavy atom. The monoisotopic (exact) mass is 267 g/mol. The van der Waals surface area contributed by atoms with Crippen molar-refractivity contribution in [3.05, 3.63) is 34.5 Å². The van der Waals surface area contributed by atoms with Crippen molar-refractivity contribution >= 4 is 5.82 Å². The Kier molecular flexibility index (Phi) is 4.01. The van der Waals surface area contributed by atoms with Crippen molar-refractivity contribution in [3.63, 3.8) is 0 Å². The maximum atomic E-state index is 9.26. The summed E-state index contributed by atoms with van der Waals surface area (Å²) in [6.45, 7) is 0.881. The molecule has 1 aromatic heterocycles. The first kappa shape index (κ1) is 13.2. The Bertz CT molecular complexity index is 566. The molecule has 3 rings (SSSR count). The molecule has 0 radical (unpaired) electrons. The predicted octanol–water partition coefficient (Wildman–Crippen LogP) is 3.74. The molecule has 1 N–H and O–H groups in total. The van der Waals surface area contributed by atoms with Crippen LogP contribution in [0.5, 0.6) is 0 Å². The summed E-state index contributed by atoms with van der Waals surface area (Å²) in [4.78, 5) is 4.65. The summed E-state index contributed by atoms with van der Waals surface area (Å²) in [7, 11) is 0. The van der Waals surface area contributed by atoms with Gasteiger partial charge in [-0.15, -0.1) is 0 Å². The first-order valence-electron chi connectivity index (χ1n) is 7.71. The largest absolute Gasteiger partial charge is 0.369 e. The number of hydrogen-bond donors (Lipinski definition) is 1. The Hall–Kier alpha value is -1.82. The molecule has 0 saturated heterocycles. The van der Waals surface area contributed by atoms with E-state index >= 15 is 0 Å². The van der Waals surface area contributed by atoms with Gasteiger partial charge in [0.2, 0.25) is 0 Å². The molecule has 2 aliphatic carbocycles. The van der Waals surface area contributed by atoms with Crippen LogP contribution in [-0.2, 0) is 12.8 Å². The highest BCUT2D eigenvalue weighted by molar-refractivity contribution is 5.55. The Labute approximate surface area is 120 Å². The second-order valence-electron chi connectivity index (χ2n) is 5.74. The molecule has 0 amide bonds.